The average Bonchev–Trinajstić information content (AvgIpc) is 3.13. The van der Waals surface area contributed by atoms with Crippen LogP contribution >= 0.6 is 0 Å². The second kappa shape index (κ2) is 7.61. The van der Waals surface area contributed by atoms with Gasteiger partial charge in [0.1, 0.15) is 0 Å². The van der Waals surface area contributed by atoms with Gasteiger partial charge in [0, 0.05) is 37.4 Å². The molecule has 1 aliphatic heterocycles. The fourth-order valence-electron chi connectivity index (χ4n) is 3.07. The number of benzene rings is 1. The Hall–Kier alpha value is -2.47. The fraction of sp³-hybridized carbons (Fsp3) is 0.421. The first kappa shape index (κ1) is 17.4. The third-order valence-electron chi connectivity index (χ3n) is 4.48. The molecule has 1 saturated heterocycles. The quantitative estimate of drug-likeness (QED) is 0.835. The van der Waals surface area contributed by atoms with E-state index in [9.17, 15) is 9.59 Å². The summed E-state index contributed by atoms with van der Waals surface area (Å²) in [6, 6.07) is 11.0. The van der Waals surface area contributed by atoms with Crippen LogP contribution in [0.1, 0.15) is 29.5 Å². The topological polar surface area (TPSA) is 64.4 Å². The van der Waals surface area contributed by atoms with Gasteiger partial charge >= 0.3 is 0 Å². The summed E-state index contributed by atoms with van der Waals surface area (Å²) in [5, 5.41) is 4.37. The molecule has 25 heavy (non-hydrogen) atoms. The molecule has 0 unspecified atom stereocenters. The predicted molar refractivity (Wildman–Crippen MR) is 95.1 cm³/mol. The van der Waals surface area contributed by atoms with Gasteiger partial charge in [0.2, 0.25) is 5.43 Å². The average molecular weight is 341 g/mol. The van der Waals surface area contributed by atoms with E-state index in [0.29, 0.717) is 31.3 Å². The van der Waals surface area contributed by atoms with Gasteiger partial charge in [-0.2, -0.15) is 5.10 Å². The summed E-state index contributed by atoms with van der Waals surface area (Å²) in [5.41, 5.74) is 1.15. The lowest BCUT2D eigenvalue weighted by Crippen LogP contribution is -2.39. The number of hydrogen-bond donors (Lipinski definition) is 0. The molecule has 0 bridgehead atoms. The maximum absolute atomic E-state index is 12.9. The molecule has 0 saturated carbocycles. The second-order valence-electron chi connectivity index (χ2n) is 6.32. The minimum Gasteiger partial charge on any atom is -0.381 e. The van der Waals surface area contributed by atoms with Crippen LogP contribution < -0.4 is 5.43 Å². The smallest absolute Gasteiger partial charge is 0.278 e. The molecular formula is C19H23N3O3. The summed E-state index contributed by atoms with van der Waals surface area (Å²) in [7, 11) is 0. The molecule has 1 aliphatic rings. The molecule has 1 atom stereocenters. The number of carbonyl (C=O) groups is 1. The first-order valence-corrected chi connectivity index (χ1v) is 8.63. The van der Waals surface area contributed by atoms with E-state index in [1.165, 1.54) is 6.07 Å². The van der Waals surface area contributed by atoms with E-state index in [1.54, 1.807) is 9.58 Å². The highest BCUT2D eigenvalue weighted by atomic mass is 16.5. The van der Waals surface area contributed by atoms with Gasteiger partial charge in [-0.25, -0.2) is 4.68 Å². The normalized spacial score (nSPS) is 16.8. The molecule has 0 N–H and O–H groups in total. The molecule has 1 aromatic carbocycles. The van der Waals surface area contributed by atoms with Crippen LogP contribution in [0.15, 0.2) is 41.2 Å². The number of nitrogens with zero attached hydrogens (tertiary/aromatic N) is 3. The summed E-state index contributed by atoms with van der Waals surface area (Å²) in [5.74, 6) is 0.00905. The molecule has 3 rings (SSSR count). The molecular weight excluding hydrogens is 318 g/mol. The number of rotatable bonds is 5. The Balaban J connectivity index is 1.92. The first-order valence-electron chi connectivity index (χ1n) is 8.63. The molecule has 2 aromatic rings. The maximum Gasteiger partial charge on any atom is 0.278 e. The summed E-state index contributed by atoms with van der Waals surface area (Å²) >= 11 is 0. The zero-order valence-electron chi connectivity index (χ0n) is 14.6. The first-order chi connectivity index (χ1) is 12.1. The molecule has 6 nitrogen and oxygen atoms in total. The SMILES string of the molecule is CCN(C[C@@H]1CCOC1)C(=O)c1nn(-c2ccccc2)c(C)cc1=O. The highest BCUT2D eigenvalue weighted by molar-refractivity contribution is 5.92. The van der Waals surface area contributed by atoms with Crippen LogP contribution in [0, 0.1) is 12.8 Å². The van der Waals surface area contributed by atoms with Gasteiger partial charge in [-0.15, -0.1) is 0 Å². The van der Waals surface area contributed by atoms with Gasteiger partial charge in [0.15, 0.2) is 5.69 Å². The molecule has 1 aromatic heterocycles. The number of para-hydroxylation sites is 1. The summed E-state index contributed by atoms with van der Waals surface area (Å²) in [4.78, 5) is 27.0. The summed E-state index contributed by atoms with van der Waals surface area (Å²) in [6.45, 7) is 6.26. The Kier molecular flexibility index (Phi) is 5.28. The van der Waals surface area contributed by atoms with Gasteiger partial charge in [0.05, 0.1) is 12.3 Å². The van der Waals surface area contributed by atoms with E-state index in [0.717, 1.165) is 18.7 Å². The van der Waals surface area contributed by atoms with Crippen molar-refractivity contribution in [1.29, 1.82) is 0 Å². The van der Waals surface area contributed by atoms with E-state index in [2.05, 4.69) is 5.10 Å². The van der Waals surface area contributed by atoms with Crippen LogP contribution in [0.3, 0.4) is 0 Å². The van der Waals surface area contributed by atoms with Gasteiger partial charge in [0.25, 0.3) is 5.91 Å². The maximum atomic E-state index is 12.9. The molecule has 1 amide bonds. The van der Waals surface area contributed by atoms with Crippen LogP contribution in [-0.2, 0) is 4.74 Å². The Labute approximate surface area is 147 Å². The van der Waals surface area contributed by atoms with Crippen LogP contribution in [0.5, 0.6) is 0 Å². The van der Waals surface area contributed by atoms with Crippen molar-refractivity contribution in [3.8, 4) is 5.69 Å². The minimum absolute atomic E-state index is 0.0322. The van der Waals surface area contributed by atoms with Gasteiger partial charge in [-0.3, -0.25) is 9.59 Å². The largest absolute Gasteiger partial charge is 0.381 e. The highest BCUT2D eigenvalue weighted by Crippen LogP contribution is 2.15. The molecule has 6 heteroatoms. The Morgan fingerprint density at radius 1 is 1.36 bits per heavy atom. The van der Waals surface area contributed by atoms with Crippen molar-refractivity contribution in [2.75, 3.05) is 26.3 Å². The van der Waals surface area contributed by atoms with Crippen molar-refractivity contribution < 1.29 is 9.53 Å². The molecule has 0 aliphatic carbocycles. The van der Waals surface area contributed by atoms with Crippen LogP contribution in [0.2, 0.25) is 0 Å². The number of aromatic nitrogens is 2. The van der Waals surface area contributed by atoms with Crippen LogP contribution in [-0.4, -0.2) is 46.9 Å². The second-order valence-corrected chi connectivity index (χ2v) is 6.32. The van der Waals surface area contributed by atoms with E-state index < -0.39 is 0 Å². The fourth-order valence-corrected chi connectivity index (χ4v) is 3.07. The number of carbonyl (C=O) groups excluding carboxylic acids is 1. The van der Waals surface area contributed by atoms with Gasteiger partial charge in [-0.05, 0) is 32.4 Å². The van der Waals surface area contributed by atoms with E-state index in [1.807, 2.05) is 44.2 Å². The van der Waals surface area contributed by atoms with Crippen molar-refractivity contribution in [3.63, 3.8) is 0 Å². The molecule has 2 heterocycles. The Bertz CT molecular complexity index is 795. The van der Waals surface area contributed by atoms with Crippen LogP contribution in [0.25, 0.3) is 5.69 Å². The molecule has 0 radical (unpaired) electrons. The van der Waals surface area contributed by atoms with Crippen molar-refractivity contribution in [3.05, 3.63) is 58.0 Å². The Morgan fingerprint density at radius 2 is 2.12 bits per heavy atom. The summed E-state index contributed by atoms with van der Waals surface area (Å²) < 4.78 is 7.02. The third kappa shape index (κ3) is 3.79. The van der Waals surface area contributed by atoms with Crippen LogP contribution in [0.4, 0.5) is 0 Å². The van der Waals surface area contributed by atoms with Crippen molar-refractivity contribution >= 4 is 5.91 Å². The lowest BCUT2D eigenvalue weighted by molar-refractivity contribution is 0.0721. The zero-order chi connectivity index (χ0) is 17.8. The predicted octanol–water partition coefficient (Wildman–Crippen LogP) is 2.04. The number of amides is 1. The molecule has 132 valence electrons. The van der Waals surface area contributed by atoms with Crippen molar-refractivity contribution in [2.45, 2.75) is 20.3 Å². The number of aryl methyl sites for hydroxylation is 1. The third-order valence-corrected chi connectivity index (χ3v) is 4.48. The molecule has 1 fully saturated rings. The lowest BCUT2D eigenvalue weighted by Gasteiger charge is -2.23. The van der Waals surface area contributed by atoms with Gasteiger partial charge < -0.3 is 9.64 Å². The van der Waals surface area contributed by atoms with E-state index in [-0.39, 0.29) is 17.0 Å². The number of ether oxygens (including phenoxy) is 1. The van der Waals surface area contributed by atoms with E-state index >= 15 is 0 Å². The highest BCUT2D eigenvalue weighted by Gasteiger charge is 2.25. The van der Waals surface area contributed by atoms with E-state index in [4.69, 9.17) is 4.74 Å². The Morgan fingerprint density at radius 3 is 2.76 bits per heavy atom. The lowest BCUT2D eigenvalue weighted by atomic mass is 10.1. The molecule has 0 spiro atoms. The summed E-state index contributed by atoms with van der Waals surface area (Å²) in [6.07, 6.45) is 0.944. The van der Waals surface area contributed by atoms with Crippen molar-refractivity contribution in [1.82, 2.24) is 14.7 Å². The van der Waals surface area contributed by atoms with Gasteiger partial charge in [-0.1, -0.05) is 18.2 Å². The standard InChI is InChI=1S/C19H23N3O3/c1-3-21(12-15-9-10-25-13-15)19(24)18-17(23)11-14(2)22(20-18)16-7-5-4-6-8-16/h4-8,11,15H,3,9-10,12-13H2,1-2H3/t15-/m0/s1. The van der Waals surface area contributed by atoms with Crippen molar-refractivity contribution in [2.24, 2.45) is 5.92 Å². The number of hydrogen-bond acceptors (Lipinski definition) is 4. The minimum atomic E-state index is -0.337. The monoisotopic (exact) mass is 341 g/mol. The zero-order valence-corrected chi connectivity index (χ0v) is 14.6.